The second kappa shape index (κ2) is 7.27. The quantitative estimate of drug-likeness (QED) is 0.822. The molecule has 0 aliphatic carbocycles. The summed E-state index contributed by atoms with van der Waals surface area (Å²) in [5.41, 5.74) is 2.33. The van der Waals surface area contributed by atoms with E-state index >= 15 is 0 Å². The third kappa shape index (κ3) is 4.20. The molecular formula is C16H17N3O2. The maximum absolute atomic E-state index is 12.0. The van der Waals surface area contributed by atoms with Gasteiger partial charge in [0, 0.05) is 30.1 Å². The molecule has 1 aromatic carbocycles. The van der Waals surface area contributed by atoms with Crippen LogP contribution in [0.1, 0.15) is 21.5 Å². The second-order valence-corrected chi connectivity index (χ2v) is 4.51. The largest absolute Gasteiger partial charge is 0.384 e. The highest BCUT2D eigenvalue weighted by Gasteiger charge is 2.06. The van der Waals surface area contributed by atoms with Crippen molar-refractivity contribution in [1.29, 1.82) is 0 Å². The molecule has 0 aliphatic rings. The number of carbonyl (C=O) groups is 1. The minimum atomic E-state index is -0.172. The summed E-state index contributed by atoms with van der Waals surface area (Å²) in [7, 11) is 0. The highest BCUT2D eigenvalue weighted by Crippen LogP contribution is 2.10. The van der Waals surface area contributed by atoms with Gasteiger partial charge in [0.15, 0.2) is 0 Å². The van der Waals surface area contributed by atoms with Gasteiger partial charge in [0.05, 0.1) is 6.54 Å². The molecule has 2 aromatic rings. The zero-order valence-electron chi connectivity index (χ0n) is 11.8. The lowest BCUT2D eigenvalue weighted by molar-refractivity contribution is 0.0952. The van der Waals surface area contributed by atoms with Crippen LogP contribution in [0.25, 0.3) is 0 Å². The predicted molar refractivity (Wildman–Crippen MR) is 79.7 cm³/mol. The Morgan fingerprint density at radius 3 is 3.00 bits per heavy atom. The second-order valence-electron chi connectivity index (χ2n) is 4.51. The van der Waals surface area contributed by atoms with Gasteiger partial charge < -0.3 is 10.4 Å². The van der Waals surface area contributed by atoms with E-state index in [1.807, 2.05) is 19.2 Å². The number of nitrogens with zero attached hydrogens (tertiary/aromatic N) is 2. The topological polar surface area (TPSA) is 67.2 Å². The van der Waals surface area contributed by atoms with Crippen LogP contribution < -0.4 is 5.32 Å². The van der Waals surface area contributed by atoms with E-state index in [4.69, 9.17) is 5.11 Å². The normalized spacial score (nSPS) is 9.81. The Balaban J connectivity index is 1.94. The number of nitrogens with one attached hydrogen (secondary N) is 1. The van der Waals surface area contributed by atoms with Crippen molar-refractivity contribution in [1.82, 2.24) is 15.1 Å². The van der Waals surface area contributed by atoms with Crippen LogP contribution in [0.4, 0.5) is 0 Å². The third-order valence-corrected chi connectivity index (χ3v) is 2.98. The molecule has 0 atom stereocenters. The fourth-order valence-electron chi connectivity index (χ4n) is 1.90. The van der Waals surface area contributed by atoms with Gasteiger partial charge >= 0.3 is 0 Å². The molecule has 0 aliphatic heterocycles. The fraction of sp³-hybridized carbons (Fsp3) is 0.250. The van der Waals surface area contributed by atoms with Crippen molar-refractivity contribution in [3.63, 3.8) is 0 Å². The average Bonchev–Trinajstić information content (AvgIpc) is 2.99. The lowest BCUT2D eigenvalue weighted by Gasteiger charge is -2.07. The summed E-state index contributed by atoms with van der Waals surface area (Å²) in [6.07, 6.45) is 3.56. The molecule has 108 valence electrons. The molecule has 0 unspecified atom stereocenters. The third-order valence-electron chi connectivity index (χ3n) is 2.98. The van der Waals surface area contributed by atoms with Crippen LogP contribution >= 0.6 is 0 Å². The molecule has 0 radical (unpaired) electrons. The molecule has 21 heavy (non-hydrogen) atoms. The molecule has 2 rings (SSSR count). The Morgan fingerprint density at radius 2 is 2.33 bits per heavy atom. The van der Waals surface area contributed by atoms with Crippen LogP contribution in [0, 0.1) is 18.8 Å². The summed E-state index contributed by atoms with van der Waals surface area (Å²) >= 11 is 0. The number of amides is 1. The summed E-state index contributed by atoms with van der Waals surface area (Å²) in [6.45, 7) is 2.88. The Hall–Kier alpha value is -2.58. The lowest BCUT2D eigenvalue weighted by Crippen LogP contribution is -2.27. The minimum Gasteiger partial charge on any atom is -0.384 e. The molecule has 1 amide bonds. The number of aromatic nitrogens is 2. The van der Waals surface area contributed by atoms with Gasteiger partial charge in [-0.15, -0.1) is 0 Å². The van der Waals surface area contributed by atoms with Gasteiger partial charge in [-0.25, -0.2) is 0 Å². The number of aryl methyl sites for hydroxylation is 1. The molecule has 0 spiro atoms. The molecule has 2 N–H and O–H groups in total. The molecule has 0 saturated carbocycles. The predicted octanol–water partition coefficient (Wildman–Crippen LogP) is 0.965. The zero-order chi connectivity index (χ0) is 15.1. The standard InChI is InChI=1S/C16H17N3O2/c1-13-12-15(6-5-14(13)4-2-11-20)16(21)17-8-10-19-9-3-7-18-19/h3,5-7,9,12,20H,8,10-11H2,1H3,(H,17,21). The molecule has 1 aromatic heterocycles. The lowest BCUT2D eigenvalue weighted by atomic mass is 10.0. The van der Waals surface area contributed by atoms with E-state index in [1.165, 1.54) is 0 Å². The van der Waals surface area contributed by atoms with E-state index in [9.17, 15) is 4.79 Å². The number of hydrogen-bond donors (Lipinski definition) is 2. The fourth-order valence-corrected chi connectivity index (χ4v) is 1.90. The molecule has 1 heterocycles. The van der Waals surface area contributed by atoms with Gasteiger partial charge in [0.25, 0.3) is 5.91 Å². The summed E-state index contributed by atoms with van der Waals surface area (Å²) in [5.74, 6) is 5.33. The van der Waals surface area contributed by atoms with Crippen LogP contribution in [0.3, 0.4) is 0 Å². The number of rotatable bonds is 4. The van der Waals surface area contributed by atoms with Crippen molar-refractivity contribution in [3.05, 3.63) is 53.3 Å². The zero-order valence-corrected chi connectivity index (χ0v) is 11.8. The molecule has 5 nitrogen and oxygen atoms in total. The molecule has 0 saturated heterocycles. The first kappa shape index (κ1) is 14.8. The van der Waals surface area contributed by atoms with Crippen LogP contribution in [-0.4, -0.2) is 33.9 Å². The Kier molecular flexibility index (Phi) is 5.13. The summed E-state index contributed by atoms with van der Waals surface area (Å²) in [4.78, 5) is 12.0. The maximum Gasteiger partial charge on any atom is 0.251 e. The number of benzene rings is 1. The van der Waals surface area contributed by atoms with E-state index in [0.29, 0.717) is 18.7 Å². The van der Waals surface area contributed by atoms with Crippen LogP contribution in [0.15, 0.2) is 36.7 Å². The van der Waals surface area contributed by atoms with Crippen molar-refractivity contribution in [2.75, 3.05) is 13.2 Å². The van der Waals surface area contributed by atoms with E-state index in [-0.39, 0.29) is 12.5 Å². The van der Waals surface area contributed by atoms with Gasteiger partial charge in [-0.2, -0.15) is 5.10 Å². The summed E-state index contributed by atoms with van der Waals surface area (Å²) < 4.78 is 1.76. The smallest absolute Gasteiger partial charge is 0.251 e. The van der Waals surface area contributed by atoms with Crippen molar-refractivity contribution in [2.45, 2.75) is 13.5 Å². The molecule has 5 heteroatoms. The van der Waals surface area contributed by atoms with Crippen LogP contribution in [0.2, 0.25) is 0 Å². The van der Waals surface area contributed by atoms with E-state index in [1.54, 1.807) is 29.1 Å². The minimum absolute atomic E-state index is 0.119. The Labute approximate surface area is 123 Å². The average molecular weight is 283 g/mol. The van der Waals surface area contributed by atoms with Crippen molar-refractivity contribution in [3.8, 4) is 11.8 Å². The van der Waals surface area contributed by atoms with Gasteiger partial charge in [0.2, 0.25) is 0 Å². The molecular weight excluding hydrogens is 266 g/mol. The van der Waals surface area contributed by atoms with Gasteiger partial charge in [-0.1, -0.05) is 11.8 Å². The molecule has 0 bridgehead atoms. The SMILES string of the molecule is Cc1cc(C(=O)NCCn2cccn2)ccc1C#CCO. The van der Waals surface area contributed by atoms with Gasteiger partial charge in [-0.3, -0.25) is 9.48 Å². The van der Waals surface area contributed by atoms with Crippen molar-refractivity contribution < 1.29 is 9.90 Å². The Bertz CT molecular complexity index is 667. The van der Waals surface area contributed by atoms with Crippen molar-refractivity contribution in [2.24, 2.45) is 0 Å². The number of aliphatic hydroxyl groups excluding tert-OH is 1. The summed E-state index contributed by atoms with van der Waals surface area (Å²) in [6, 6.07) is 7.17. The van der Waals surface area contributed by atoms with Gasteiger partial charge in [0.1, 0.15) is 6.61 Å². The maximum atomic E-state index is 12.0. The van der Waals surface area contributed by atoms with E-state index < -0.39 is 0 Å². The van der Waals surface area contributed by atoms with E-state index in [2.05, 4.69) is 22.3 Å². The summed E-state index contributed by atoms with van der Waals surface area (Å²) in [5, 5.41) is 15.6. The van der Waals surface area contributed by atoms with Crippen molar-refractivity contribution >= 4 is 5.91 Å². The van der Waals surface area contributed by atoms with E-state index in [0.717, 1.165) is 11.1 Å². The first-order valence-electron chi connectivity index (χ1n) is 6.66. The monoisotopic (exact) mass is 283 g/mol. The van der Waals surface area contributed by atoms with Crippen LogP contribution in [0.5, 0.6) is 0 Å². The van der Waals surface area contributed by atoms with Gasteiger partial charge in [-0.05, 0) is 36.8 Å². The number of carbonyl (C=O) groups excluding carboxylic acids is 1. The number of aliphatic hydroxyl groups is 1. The van der Waals surface area contributed by atoms with Crippen LogP contribution in [-0.2, 0) is 6.54 Å². The number of hydrogen-bond acceptors (Lipinski definition) is 3. The first-order chi connectivity index (χ1) is 10.2. The Morgan fingerprint density at radius 1 is 1.48 bits per heavy atom. The molecule has 0 fully saturated rings. The highest BCUT2D eigenvalue weighted by atomic mass is 16.2. The highest BCUT2D eigenvalue weighted by molar-refractivity contribution is 5.94. The first-order valence-corrected chi connectivity index (χ1v) is 6.66.